The highest BCUT2D eigenvalue weighted by Gasteiger charge is 2.20. The molecule has 0 amide bonds. The summed E-state index contributed by atoms with van der Waals surface area (Å²) in [7, 11) is 0. The average Bonchev–Trinajstić information content (AvgIpc) is 2.70. The van der Waals surface area contributed by atoms with Gasteiger partial charge in [-0.25, -0.2) is 4.98 Å². The molecular formula is C9H14N2OS. The van der Waals surface area contributed by atoms with Crippen LogP contribution in [0.3, 0.4) is 0 Å². The van der Waals surface area contributed by atoms with Crippen molar-refractivity contribution in [1.82, 2.24) is 4.98 Å². The highest BCUT2D eigenvalue weighted by molar-refractivity contribution is 7.99. The highest BCUT2D eigenvalue weighted by atomic mass is 32.2. The third-order valence-electron chi connectivity index (χ3n) is 2.19. The number of aromatic nitrogens is 1. The maximum absolute atomic E-state index is 5.42. The first-order chi connectivity index (χ1) is 6.40. The highest BCUT2D eigenvalue weighted by Crippen LogP contribution is 2.39. The molecule has 0 radical (unpaired) electrons. The first kappa shape index (κ1) is 9.09. The molecule has 1 aliphatic heterocycles. The molecule has 0 aliphatic carbocycles. The van der Waals surface area contributed by atoms with Gasteiger partial charge in [0.2, 0.25) is 0 Å². The van der Waals surface area contributed by atoms with Gasteiger partial charge in [-0.05, 0) is 18.6 Å². The van der Waals surface area contributed by atoms with Crippen molar-refractivity contribution in [2.24, 2.45) is 5.73 Å². The van der Waals surface area contributed by atoms with E-state index in [1.54, 1.807) is 6.26 Å². The van der Waals surface area contributed by atoms with Crippen molar-refractivity contribution in [3.05, 3.63) is 17.8 Å². The summed E-state index contributed by atoms with van der Waals surface area (Å²) in [6.45, 7) is 0.609. The normalized spacial score (nSPS) is 22.4. The van der Waals surface area contributed by atoms with Gasteiger partial charge in [-0.2, -0.15) is 11.8 Å². The van der Waals surface area contributed by atoms with Crippen LogP contribution in [0.1, 0.15) is 29.7 Å². The number of nitrogens with zero attached hydrogens (tertiary/aromatic N) is 1. The molecule has 72 valence electrons. The fourth-order valence-corrected chi connectivity index (χ4v) is 2.75. The standard InChI is InChI=1S/C9H14N2OS/c10-4-3-9-11-7(6-12-9)8-2-1-5-13-8/h6,8H,1-5,10H2. The number of thioether (sulfide) groups is 1. The van der Waals surface area contributed by atoms with E-state index in [1.165, 1.54) is 18.6 Å². The SMILES string of the molecule is NCCc1nc(C2CCCS2)co1. The molecule has 1 aromatic heterocycles. The molecule has 1 fully saturated rings. The van der Waals surface area contributed by atoms with Crippen LogP contribution in [0, 0.1) is 0 Å². The minimum absolute atomic E-state index is 0.565. The summed E-state index contributed by atoms with van der Waals surface area (Å²) in [6, 6.07) is 0. The second kappa shape index (κ2) is 4.15. The number of nitrogens with two attached hydrogens (primary N) is 1. The predicted molar refractivity (Wildman–Crippen MR) is 53.7 cm³/mol. The summed E-state index contributed by atoms with van der Waals surface area (Å²) in [6.07, 6.45) is 5.07. The fourth-order valence-electron chi connectivity index (χ4n) is 1.52. The largest absolute Gasteiger partial charge is 0.449 e. The van der Waals surface area contributed by atoms with Crippen LogP contribution in [0.25, 0.3) is 0 Å². The van der Waals surface area contributed by atoms with Gasteiger partial charge in [0, 0.05) is 13.0 Å². The van der Waals surface area contributed by atoms with E-state index in [2.05, 4.69) is 4.98 Å². The van der Waals surface area contributed by atoms with Gasteiger partial charge in [-0.3, -0.25) is 0 Å². The van der Waals surface area contributed by atoms with Gasteiger partial charge in [0.05, 0.1) is 10.9 Å². The van der Waals surface area contributed by atoms with Gasteiger partial charge in [-0.1, -0.05) is 0 Å². The van der Waals surface area contributed by atoms with Gasteiger partial charge in [0.15, 0.2) is 5.89 Å². The zero-order valence-corrected chi connectivity index (χ0v) is 8.35. The van der Waals surface area contributed by atoms with Crippen LogP contribution in [0.4, 0.5) is 0 Å². The number of oxazole rings is 1. The molecule has 0 spiro atoms. The lowest BCUT2D eigenvalue weighted by atomic mass is 10.2. The van der Waals surface area contributed by atoms with Crippen LogP contribution >= 0.6 is 11.8 Å². The molecule has 1 saturated heterocycles. The van der Waals surface area contributed by atoms with E-state index in [0.29, 0.717) is 11.8 Å². The topological polar surface area (TPSA) is 52.0 Å². The first-order valence-electron chi connectivity index (χ1n) is 4.66. The Morgan fingerprint density at radius 2 is 2.62 bits per heavy atom. The van der Waals surface area contributed by atoms with E-state index in [-0.39, 0.29) is 0 Å². The van der Waals surface area contributed by atoms with Gasteiger partial charge in [0.25, 0.3) is 0 Å². The lowest BCUT2D eigenvalue weighted by Gasteiger charge is -2.00. The molecular weight excluding hydrogens is 184 g/mol. The molecule has 2 rings (SSSR count). The summed E-state index contributed by atoms with van der Waals surface area (Å²) in [5.41, 5.74) is 6.52. The quantitative estimate of drug-likeness (QED) is 0.803. The Bertz CT molecular complexity index is 268. The molecule has 2 N–H and O–H groups in total. The van der Waals surface area contributed by atoms with Crippen molar-refractivity contribution >= 4 is 11.8 Å². The molecule has 0 aromatic carbocycles. The summed E-state index contributed by atoms with van der Waals surface area (Å²) >= 11 is 1.97. The van der Waals surface area contributed by atoms with Crippen LogP contribution in [0.15, 0.2) is 10.7 Å². The molecule has 3 nitrogen and oxygen atoms in total. The van der Waals surface area contributed by atoms with Gasteiger partial charge >= 0.3 is 0 Å². The average molecular weight is 198 g/mol. The van der Waals surface area contributed by atoms with Crippen molar-refractivity contribution in [1.29, 1.82) is 0 Å². The maximum Gasteiger partial charge on any atom is 0.195 e. The van der Waals surface area contributed by atoms with Gasteiger partial charge in [-0.15, -0.1) is 0 Å². The monoisotopic (exact) mass is 198 g/mol. The molecule has 4 heteroatoms. The van der Waals surface area contributed by atoms with E-state index < -0.39 is 0 Å². The number of rotatable bonds is 3. The molecule has 0 saturated carbocycles. The van der Waals surface area contributed by atoms with E-state index in [9.17, 15) is 0 Å². The van der Waals surface area contributed by atoms with E-state index in [1.807, 2.05) is 11.8 Å². The molecule has 1 aromatic rings. The van der Waals surface area contributed by atoms with Gasteiger partial charge in [0.1, 0.15) is 6.26 Å². The molecule has 1 atom stereocenters. The zero-order chi connectivity index (χ0) is 9.10. The van der Waals surface area contributed by atoms with Crippen molar-refractivity contribution in [2.75, 3.05) is 12.3 Å². The Kier molecular flexibility index (Phi) is 2.90. The maximum atomic E-state index is 5.42. The van der Waals surface area contributed by atoms with Crippen LogP contribution < -0.4 is 5.73 Å². The Balaban J connectivity index is 2.03. The summed E-state index contributed by atoms with van der Waals surface area (Å²) in [4.78, 5) is 4.41. The van der Waals surface area contributed by atoms with Crippen LogP contribution in [0.5, 0.6) is 0 Å². The van der Waals surface area contributed by atoms with Gasteiger partial charge < -0.3 is 10.2 Å². The molecule has 2 heterocycles. The Morgan fingerprint density at radius 3 is 3.31 bits per heavy atom. The molecule has 1 aliphatic rings. The Labute approximate surface area is 82.1 Å². The lowest BCUT2D eigenvalue weighted by molar-refractivity contribution is 0.495. The smallest absolute Gasteiger partial charge is 0.195 e. The van der Waals surface area contributed by atoms with Crippen LogP contribution in [0.2, 0.25) is 0 Å². The molecule has 1 unspecified atom stereocenters. The predicted octanol–water partition coefficient (Wildman–Crippen LogP) is 1.74. The Hall–Kier alpha value is -0.480. The second-order valence-corrected chi connectivity index (χ2v) is 4.52. The van der Waals surface area contributed by atoms with Crippen molar-refractivity contribution < 1.29 is 4.42 Å². The van der Waals surface area contributed by atoms with Crippen molar-refractivity contribution in [3.8, 4) is 0 Å². The number of hydrogen-bond acceptors (Lipinski definition) is 4. The summed E-state index contributed by atoms with van der Waals surface area (Å²) < 4.78 is 5.31. The van der Waals surface area contributed by atoms with Crippen molar-refractivity contribution in [2.45, 2.75) is 24.5 Å². The Morgan fingerprint density at radius 1 is 1.69 bits per heavy atom. The van der Waals surface area contributed by atoms with E-state index >= 15 is 0 Å². The molecule has 0 bridgehead atoms. The third-order valence-corrected chi connectivity index (χ3v) is 3.59. The third kappa shape index (κ3) is 2.06. The van der Waals surface area contributed by atoms with Crippen LogP contribution in [-0.2, 0) is 6.42 Å². The summed E-state index contributed by atoms with van der Waals surface area (Å²) in [5, 5.41) is 0.565. The van der Waals surface area contributed by atoms with E-state index in [4.69, 9.17) is 10.2 Å². The zero-order valence-electron chi connectivity index (χ0n) is 7.53. The minimum Gasteiger partial charge on any atom is -0.449 e. The minimum atomic E-state index is 0.565. The van der Waals surface area contributed by atoms with Crippen molar-refractivity contribution in [3.63, 3.8) is 0 Å². The fraction of sp³-hybridized carbons (Fsp3) is 0.667. The first-order valence-corrected chi connectivity index (χ1v) is 5.71. The van der Waals surface area contributed by atoms with Crippen LogP contribution in [-0.4, -0.2) is 17.3 Å². The van der Waals surface area contributed by atoms with E-state index in [0.717, 1.165) is 18.0 Å². The molecule has 13 heavy (non-hydrogen) atoms. The second-order valence-electron chi connectivity index (χ2n) is 3.21. The lowest BCUT2D eigenvalue weighted by Crippen LogP contribution is -2.03. The summed E-state index contributed by atoms with van der Waals surface area (Å²) in [5.74, 6) is 2.04. The number of hydrogen-bond donors (Lipinski definition) is 1.